The van der Waals surface area contributed by atoms with Gasteiger partial charge >= 0.3 is 0 Å². The average Bonchev–Trinajstić information content (AvgIpc) is 2.41. The molecule has 2 rings (SSSR count). The molecular weight excluding hydrogens is 271 g/mol. The zero-order valence-electron chi connectivity index (χ0n) is 11.5. The molecule has 21 heavy (non-hydrogen) atoms. The molecule has 2 aromatic rings. The number of nitrogens with one attached hydrogen (secondary N) is 2. The van der Waals surface area contributed by atoms with Crippen molar-refractivity contribution in [3.8, 4) is 0 Å². The van der Waals surface area contributed by atoms with Crippen molar-refractivity contribution in [3.63, 3.8) is 0 Å². The smallest absolute Gasteiger partial charge is 0.233 e. The second-order valence-corrected chi connectivity index (χ2v) is 4.65. The average molecular weight is 286 g/mol. The predicted molar refractivity (Wildman–Crippen MR) is 79.5 cm³/mol. The highest BCUT2D eigenvalue weighted by Gasteiger charge is 2.10. The van der Waals surface area contributed by atoms with Crippen LogP contribution < -0.4 is 10.6 Å². The first kappa shape index (κ1) is 14.7. The van der Waals surface area contributed by atoms with Crippen molar-refractivity contribution in [2.24, 2.45) is 0 Å². The van der Waals surface area contributed by atoms with Crippen LogP contribution in [0, 0.1) is 12.7 Å². The van der Waals surface area contributed by atoms with E-state index in [2.05, 4.69) is 10.6 Å². The van der Waals surface area contributed by atoms with Gasteiger partial charge in [0, 0.05) is 11.4 Å². The van der Waals surface area contributed by atoms with E-state index < -0.39 is 11.8 Å². The molecule has 4 nitrogen and oxygen atoms in total. The molecule has 2 amide bonds. The Bertz CT molecular complexity index is 654. The summed E-state index contributed by atoms with van der Waals surface area (Å²) in [7, 11) is 0. The lowest BCUT2D eigenvalue weighted by Gasteiger charge is -2.07. The van der Waals surface area contributed by atoms with Gasteiger partial charge in [-0.1, -0.05) is 12.1 Å². The van der Waals surface area contributed by atoms with Crippen LogP contribution in [0.4, 0.5) is 15.8 Å². The van der Waals surface area contributed by atoms with Gasteiger partial charge in [-0.15, -0.1) is 0 Å². The van der Waals surface area contributed by atoms with Gasteiger partial charge in [0.1, 0.15) is 12.2 Å². The molecule has 0 spiro atoms. The zero-order valence-corrected chi connectivity index (χ0v) is 11.5. The Labute approximate surface area is 122 Å². The summed E-state index contributed by atoms with van der Waals surface area (Å²) < 4.78 is 12.7. The third kappa shape index (κ3) is 4.72. The summed E-state index contributed by atoms with van der Waals surface area (Å²) in [5.41, 5.74) is 2.11. The van der Waals surface area contributed by atoms with Crippen LogP contribution in [0.15, 0.2) is 48.5 Å². The first-order valence-corrected chi connectivity index (χ1v) is 6.45. The lowest BCUT2D eigenvalue weighted by molar-refractivity contribution is -0.123. The maximum atomic E-state index is 12.7. The molecule has 0 radical (unpaired) electrons. The van der Waals surface area contributed by atoms with E-state index in [0.717, 1.165) is 5.56 Å². The molecular formula is C16H15FN2O2. The minimum absolute atomic E-state index is 0.300. The van der Waals surface area contributed by atoms with Crippen molar-refractivity contribution in [3.05, 3.63) is 59.9 Å². The zero-order chi connectivity index (χ0) is 15.2. The van der Waals surface area contributed by atoms with Crippen LogP contribution in [-0.2, 0) is 9.59 Å². The maximum Gasteiger partial charge on any atom is 0.233 e. The van der Waals surface area contributed by atoms with E-state index in [1.165, 1.54) is 24.3 Å². The molecule has 0 saturated heterocycles. The van der Waals surface area contributed by atoms with Gasteiger partial charge in [-0.2, -0.15) is 0 Å². The topological polar surface area (TPSA) is 58.2 Å². The fourth-order valence-electron chi connectivity index (χ4n) is 1.81. The first-order chi connectivity index (χ1) is 10.0. The van der Waals surface area contributed by atoms with E-state index in [1.54, 1.807) is 6.07 Å². The Kier molecular flexibility index (Phi) is 4.66. The van der Waals surface area contributed by atoms with Gasteiger partial charge in [0.15, 0.2) is 0 Å². The van der Waals surface area contributed by atoms with Crippen molar-refractivity contribution in [1.29, 1.82) is 0 Å². The van der Waals surface area contributed by atoms with E-state index in [-0.39, 0.29) is 12.2 Å². The minimum atomic E-state index is -0.452. The number of carbonyl (C=O) groups excluding carboxylic acids is 2. The monoisotopic (exact) mass is 286 g/mol. The number of carbonyl (C=O) groups is 2. The Hall–Kier alpha value is -2.69. The van der Waals surface area contributed by atoms with Crippen LogP contribution >= 0.6 is 0 Å². The minimum Gasteiger partial charge on any atom is -0.326 e. The fourth-order valence-corrected chi connectivity index (χ4v) is 1.81. The standard InChI is InChI=1S/C16H15FN2O2/c1-11-3-2-4-14(9-11)19-16(21)10-15(20)18-13-7-5-12(17)6-8-13/h2-9H,10H2,1H3,(H,18,20)(H,19,21). The quantitative estimate of drug-likeness (QED) is 0.848. The molecule has 0 aliphatic carbocycles. The van der Waals surface area contributed by atoms with Crippen LogP contribution in [0.1, 0.15) is 12.0 Å². The summed E-state index contributed by atoms with van der Waals surface area (Å²) in [6.45, 7) is 1.91. The largest absolute Gasteiger partial charge is 0.326 e. The van der Waals surface area contributed by atoms with Crippen molar-refractivity contribution in [2.45, 2.75) is 13.3 Å². The summed E-state index contributed by atoms with van der Waals surface area (Å²) in [5, 5.41) is 5.18. The first-order valence-electron chi connectivity index (χ1n) is 6.45. The number of amides is 2. The molecule has 0 saturated carbocycles. The molecule has 2 N–H and O–H groups in total. The molecule has 0 unspecified atom stereocenters. The molecule has 0 bridgehead atoms. The number of hydrogen-bond acceptors (Lipinski definition) is 2. The molecule has 0 atom stereocenters. The Morgan fingerprint density at radius 2 is 1.57 bits per heavy atom. The normalized spacial score (nSPS) is 10.0. The predicted octanol–water partition coefficient (Wildman–Crippen LogP) is 3.10. The molecule has 2 aromatic carbocycles. The summed E-state index contributed by atoms with van der Waals surface area (Å²) in [6.07, 6.45) is -0.300. The summed E-state index contributed by atoms with van der Waals surface area (Å²) in [6, 6.07) is 12.7. The highest BCUT2D eigenvalue weighted by Crippen LogP contribution is 2.11. The van der Waals surface area contributed by atoms with Gasteiger partial charge in [-0.05, 0) is 48.9 Å². The molecule has 0 heterocycles. The highest BCUT2D eigenvalue weighted by molar-refractivity contribution is 6.08. The van der Waals surface area contributed by atoms with Gasteiger partial charge in [-0.3, -0.25) is 9.59 Å². The number of rotatable bonds is 4. The van der Waals surface area contributed by atoms with Gasteiger partial charge in [0.2, 0.25) is 11.8 Å². The summed E-state index contributed by atoms with van der Waals surface area (Å²) in [5.74, 6) is -1.24. The molecule has 0 aromatic heterocycles. The third-order valence-electron chi connectivity index (χ3n) is 2.75. The van der Waals surface area contributed by atoms with Crippen molar-refractivity contribution in [1.82, 2.24) is 0 Å². The number of aryl methyl sites for hydroxylation is 1. The summed E-state index contributed by atoms with van der Waals surface area (Å²) >= 11 is 0. The van der Waals surface area contributed by atoms with Crippen molar-refractivity contribution in [2.75, 3.05) is 10.6 Å². The van der Waals surface area contributed by atoms with Gasteiger partial charge in [0.05, 0.1) is 0 Å². The second-order valence-electron chi connectivity index (χ2n) is 4.65. The van der Waals surface area contributed by atoms with Crippen LogP contribution in [0.5, 0.6) is 0 Å². The number of halogens is 1. The lowest BCUT2D eigenvalue weighted by atomic mass is 10.2. The van der Waals surface area contributed by atoms with E-state index >= 15 is 0 Å². The van der Waals surface area contributed by atoms with E-state index in [9.17, 15) is 14.0 Å². The van der Waals surface area contributed by atoms with Crippen LogP contribution in [-0.4, -0.2) is 11.8 Å². The SMILES string of the molecule is Cc1cccc(NC(=O)CC(=O)Nc2ccc(F)cc2)c1. The van der Waals surface area contributed by atoms with Crippen LogP contribution in [0.3, 0.4) is 0 Å². The Balaban J connectivity index is 1.87. The van der Waals surface area contributed by atoms with Crippen molar-refractivity contribution < 1.29 is 14.0 Å². The van der Waals surface area contributed by atoms with E-state index in [1.807, 2.05) is 25.1 Å². The van der Waals surface area contributed by atoms with Crippen LogP contribution in [0.25, 0.3) is 0 Å². The third-order valence-corrected chi connectivity index (χ3v) is 2.75. The van der Waals surface area contributed by atoms with Gasteiger partial charge < -0.3 is 10.6 Å². The van der Waals surface area contributed by atoms with E-state index in [0.29, 0.717) is 11.4 Å². The maximum absolute atomic E-state index is 12.7. The second kappa shape index (κ2) is 6.65. The van der Waals surface area contributed by atoms with Gasteiger partial charge in [-0.25, -0.2) is 4.39 Å². The molecule has 5 heteroatoms. The lowest BCUT2D eigenvalue weighted by Crippen LogP contribution is -2.21. The highest BCUT2D eigenvalue weighted by atomic mass is 19.1. The number of anilines is 2. The molecule has 0 fully saturated rings. The molecule has 0 aliphatic heterocycles. The summed E-state index contributed by atoms with van der Waals surface area (Å²) in [4.78, 5) is 23.4. The number of benzene rings is 2. The van der Waals surface area contributed by atoms with Gasteiger partial charge in [0.25, 0.3) is 0 Å². The Morgan fingerprint density at radius 3 is 2.19 bits per heavy atom. The van der Waals surface area contributed by atoms with Crippen LogP contribution in [0.2, 0.25) is 0 Å². The molecule has 108 valence electrons. The molecule has 0 aliphatic rings. The van der Waals surface area contributed by atoms with Crippen molar-refractivity contribution >= 4 is 23.2 Å². The van der Waals surface area contributed by atoms with E-state index in [4.69, 9.17) is 0 Å². The Morgan fingerprint density at radius 1 is 0.952 bits per heavy atom. The fraction of sp³-hybridized carbons (Fsp3) is 0.125. The number of hydrogen-bond donors (Lipinski definition) is 2.